The minimum atomic E-state index is -1.09. The van der Waals surface area contributed by atoms with Gasteiger partial charge in [-0.2, -0.15) is 0 Å². The second-order valence-electron chi connectivity index (χ2n) is 8.96. The second kappa shape index (κ2) is 12.1. The summed E-state index contributed by atoms with van der Waals surface area (Å²) in [5.74, 6) is -0.653. The number of carboxylic acid groups (broad SMARTS) is 1. The zero-order chi connectivity index (χ0) is 28.9. The van der Waals surface area contributed by atoms with Gasteiger partial charge in [0, 0.05) is 5.56 Å². The Bertz CT molecular complexity index is 1810. The van der Waals surface area contributed by atoms with Crippen molar-refractivity contribution in [1.82, 2.24) is 4.57 Å². The van der Waals surface area contributed by atoms with Gasteiger partial charge in [0.2, 0.25) is 0 Å². The van der Waals surface area contributed by atoms with Crippen molar-refractivity contribution in [2.24, 2.45) is 4.99 Å². The number of benzene rings is 3. The van der Waals surface area contributed by atoms with Crippen LogP contribution in [0.3, 0.4) is 0 Å². The standard InChI is InChI=1S/C31H26N2O7S/c1-3-39-30(37)26-27(20-9-5-4-6-10-20)32-31-33(28(26)21-12-14-22(38-2)15-13-21)29(36)24(41-31)17-19-8-7-11-23(16-19)40-18-25(34)35/h4-17,28H,3,18H2,1-2H3,(H,34,35)/b24-17+/t28-/m1/s1. The average Bonchev–Trinajstić information content (AvgIpc) is 3.30. The van der Waals surface area contributed by atoms with Crippen LogP contribution in [0.5, 0.6) is 11.5 Å². The molecule has 1 aromatic heterocycles. The van der Waals surface area contributed by atoms with Crippen LogP contribution in [0.25, 0.3) is 11.8 Å². The molecule has 1 N–H and O–H groups in total. The van der Waals surface area contributed by atoms with Crippen LogP contribution in [0.2, 0.25) is 0 Å². The first-order valence-electron chi connectivity index (χ1n) is 12.8. The number of aromatic nitrogens is 1. The molecule has 5 rings (SSSR count). The molecule has 1 aliphatic heterocycles. The lowest BCUT2D eigenvalue weighted by molar-refractivity contribution is -0.140. The molecule has 0 unspecified atom stereocenters. The van der Waals surface area contributed by atoms with Gasteiger partial charge in [-0.25, -0.2) is 14.6 Å². The molecular weight excluding hydrogens is 544 g/mol. The highest BCUT2D eigenvalue weighted by Crippen LogP contribution is 2.35. The zero-order valence-electron chi connectivity index (χ0n) is 22.3. The Morgan fingerprint density at radius 1 is 1.02 bits per heavy atom. The van der Waals surface area contributed by atoms with E-state index in [1.54, 1.807) is 56.5 Å². The third kappa shape index (κ3) is 5.82. The Morgan fingerprint density at radius 2 is 1.78 bits per heavy atom. The summed E-state index contributed by atoms with van der Waals surface area (Å²) in [6, 6.07) is 22.5. The van der Waals surface area contributed by atoms with Crippen LogP contribution in [0.4, 0.5) is 0 Å². The summed E-state index contributed by atoms with van der Waals surface area (Å²) in [7, 11) is 1.57. The molecule has 1 atom stereocenters. The molecule has 10 heteroatoms. The van der Waals surface area contributed by atoms with Crippen LogP contribution in [-0.2, 0) is 14.3 Å². The normalized spacial score (nSPS) is 14.7. The van der Waals surface area contributed by atoms with Gasteiger partial charge in [0.25, 0.3) is 5.56 Å². The van der Waals surface area contributed by atoms with Crippen molar-refractivity contribution in [2.75, 3.05) is 20.3 Å². The summed E-state index contributed by atoms with van der Waals surface area (Å²) in [5.41, 5.74) is 2.41. The van der Waals surface area contributed by atoms with Crippen LogP contribution < -0.4 is 24.4 Å². The summed E-state index contributed by atoms with van der Waals surface area (Å²) in [5, 5.41) is 8.93. The van der Waals surface area contributed by atoms with Crippen LogP contribution in [0.1, 0.15) is 29.7 Å². The van der Waals surface area contributed by atoms with Gasteiger partial charge in [0.1, 0.15) is 11.5 Å². The van der Waals surface area contributed by atoms with E-state index in [4.69, 9.17) is 24.3 Å². The number of carbonyl (C=O) groups is 2. The lowest BCUT2D eigenvalue weighted by Crippen LogP contribution is -2.40. The first kappa shape index (κ1) is 27.6. The van der Waals surface area contributed by atoms with E-state index in [0.29, 0.717) is 37.7 Å². The van der Waals surface area contributed by atoms with E-state index < -0.39 is 24.6 Å². The van der Waals surface area contributed by atoms with Gasteiger partial charge in [-0.15, -0.1) is 0 Å². The molecule has 0 fully saturated rings. The Hall–Kier alpha value is -4.96. The minimum absolute atomic E-state index is 0.157. The van der Waals surface area contributed by atoms with Gasteiger partial charge < -0.3 is 19.3 Å². The molecule has 4 aromatic rings. The smallest absolute Gasteiger partial charge is 0.341 e. The molecule has 3 aromatic carbocycles. The maximum absolute atomic E-state index is 14.0. The monoisotopic (exact) mass is 570 g/mol. The topological polar surface area (TPSA) is 116 Å². The largest absolute Gasteiger partial charge is 0.497 e. The van der Waals surface area contributed by atoms with E-state index in [-0.39, 0.29) is 17.7 Å². The molecule has 0 saturated heterocycles. The van der Waals surface area contributed by atoms with Crippen molar-refractivity contribution in [3.05, 3.63) is 121 Å². The quantitative estimate of drug-likeness (QED) is 0.307. The van der Waals surface area contributed by atoms with E-state index in [2.05, 4.69) is 0 Å². The fourth-order valence-electron chi connectivity index (χ4n) is 4.53. The molecule has 0 radical (unpaired) electrons. The number of carboxylic acids is 1. The van der Waals surface area contributed by atoms with Crippen molar-refractivity contribution in [3.63, 3.8) is 0 Å². The summed E-state index contributed by atoms with van der Waals surface area (Å²) >= 11 is 1.19. The summed E-state index contributed by atoms with van der Waals surface area (Å²) in [4.78, 5) is 43.6. The van der Waals surface area contributed by atoms with Crippen molar-refractivity contribution in [3.8, 4) is 11.5 Å². The highest BCUT2D eigenvalue weighted by Gasteiger charge is 2.35. The number of fused-ring (bicyclic) bond motifs is 1. The number of aliphatic carboxylic acids is 1. The van der Waals surface area contributed by atoms with Gasteiger partial charge in [-0.3, -0.25) is 9.36 Å². The Morgan fingerprint density at radius 3 is 2.46 bits per heavy atom. The maximum atomic E-state index is 14.0. The van der Waals surface area contributed by atoms with Crippen LogP contribution in [0.15, 0.2) is 94.2 Å². The molecule has 0 bridgehead atoms. The molecule has 41 heavy (non-hydrogen) atoms. The summed E-state index contributed by atoms with van der Waals surface area (Å²) in [6.45, 7) is 1.41. The zero-order valence-corrected chi connectivity index (χ0v) is 23.1. The molecule has 9 nitrogen and oxygen atoms in total. The number of rotatable bonds is 9. The Kier molecular flexibility index (Phi) is 8.11. The number of carbonyl (C=O) groups excluding carboxylic acids is 1. The van der Waals surface area contributed by atoms with E-state index in [9.17, 15) is 14.4 Å². The average molecular weight is 571 g/mol. The van der Waals surface area contributed by atoms with E-state index in [1.165, 1.54) is 15.9 Å². The minimum Gasteiger partial charge on any atom is -0.497 e. The maximum Gasteiger partial charge on any atom is 0.341 e. The molecule has 2 heterocycles. The molecule has 0 spiro atoms. The van der Waals surface area contributed by atoms with Gasteiger partial charge in [-0.05, 0) is 48.4 Å². The predicted molar refractivity (Wildman–Crippen MR) is 154 cm³/mol. The molecule has 0 aliphatic carbocycles. The first-order valence-corrected chi connectivity index (χ1v) is 13.6. The SMILES string of the molecule is CCOC(=O)C1=C(c2ccccc2)N=c2s/c(=C/c3cccc(OCC(=O)O)c3)c(=O)n2[C@@H]1c1ccc(OC)cc1. The first-order chi connectivity index (χ1) is 19.9. The summed E-state index contributed by atoms with van der Waals surface area (Å²) < 4.78 is 18.0. The summed E-state index contributed by atoms with van der Waals surface area (Å²) in [6.07, 6.45) is 1.69. The Balaban J connectivity index is 1.74. The van der Waals surface area contributed by atoms with Crippen molar-refractivity contribution in [1.29, 1.82) is 0 Å². The van der Waals surface area contributed by atoms with Crippen molar-refractivity contribution >= 4 is 35.0 Å². The lowest BCUT2D eigenvalue weighted by atomic mass is 9.93. The highest BCUT2D eigenvalue weighted by molar-refractivity contribution is 7.07. The van der Waals surface area contributed by atoms with Crippen LogP contribution >= 0.6 is 11.3 Å². The van der Waals surface area contributed by atoms with Crippen molar-refractivity contribution < 1.29 is 28.9 Å². The van der Waals surface area contributed by atoms with Crippen LogP contribution in [-0.4, -0.2) is 41.9 Å². The molecule has 208 valence electrons. The fraction of sp³-hybridized carbons (Fsp3) is 0.161. The van der Waals surface area contributed by atoms with E-state index in [1.807, 2.05) is 42.5 Å². The molecule has 1 aliphatic rings. The van der Waals surface area contributed by atoms with Gasteiger partial charge in [0.15, 0.2) is 11.4 Å². The van der Waals surface area contributed by atoms with E-state index in [0.717, 1.165) is 5.56 Å². The Labute approximate surface area is 238 Å². The molecule has 0 saturated carbocycles. The van der Waals surface area contributed by atoms with Gasteiger partial charge in [-0.1, -0.05) is 65.9 Å². The number of esters is 1. The number of ether oxygens (including phenoxy) is 3. The van der Waals surface area contributed by atoms with E-state index >= 15 is 0 Å². The van der Waals surface area contributed by atoms with Gasteiger partial charge in [0.05, 0.1) is 35.6 Å². The van der Waals surface area contributed by atoms with Crippen LogP contribution in [0, 0.1) is 0 Å². The lowest BCUT2D eigenvalue weighted by Gasteiger charge is -2.26. The fourth-order valence-corrected chi connectivity index (χ4v) is 5.53. The predicted octanol–water partition coefficient (Wildman–Crippen LogP) is 3.41. The molecule has 0 amide bonds. The third-order valence-electron chi connectivity index (χ3n) is 6.32. The number of hydrogen-bond acceptors (Lipinski definition) is 8. The highest BCUT2D eigenvalue weighted by atomic mass is 32.1. The van der Waals surface area contributed by atoms with Gasteiger partial charge >= 0.3 is 11.9 Å². The second-order valence-corrected chi connectivity index (χ2v) is 9.97. The molecular formula is C31H26N2O7S. The number of methoxy groups -OCH3 is 1. The number of hydrogen-bond donors (Lipinski definition) is 1. The number of thiazole rings is 1. The third-order valence-corrected chi connectivity index (χ3v) is 7.31. The van der Waals surface area contributed by atoms with Crippen molar-refractivity contribution in [2.45, 2.75) is 13.0 Å². The number of nitrogens with zero attached hydrogens (tertiary/aromatic N) is 2.